The molecule has 21 heavy (non-hydrogen) atoms. The molecule has 0 aromatic heterocycles. The summed E-state index contributed by atoms with van der Waals surface area (Å²) in [6.07, 6.45) is 12.2. The van der Waals surface area contributed by atoms with Gasteiger partial charge in [-0.15, -0.1) is 0 Å². The summed E-state index contributed by atoms with van der Waals surface area (Å²) in [7, 11) is 0. The number of fused-ring (bicyclic) bond motifs is 5. The molecule has 3 nitrogen and oxygen atoms in total. The van der Waals surface area contributed by atoms with Crippen molar-refractivity contribution in [2.45, 2.75) is 58.4 Å². The highest BCUT2D eigenvalue weighted by Crippen LogP contribution is 2.56. The smallest absolute Gasteiger partial charge is 0.0781 e. The average molecular weight is 290 g/mol. The Bertz CT molecular complexity index is 409. The summed E-state index contributed by atoms with van der Waals surface area (Å²) in [4.78, 5) is 2.64. The normalized spacial score (nSPS) is 38.8. The topological polar surface area (TPSA) is 35.8 Å². The molecule has 0 saturated heterocycles. The molecular weight excluding hydrogens is 260 g/mol. The Morgan fingerprint density at radius 1 is 1.19 bits per heavy atom. The highest BCUT2D eigenvalue weighted by molar-refractivity contribution is 5.95. The maximum absolute atomic E-state index is 9.62. The van der Waals surface area contributed by atoms with E-state index in [2.05, 4.69) is 36.1 Å². The quantitative estimate of drug-likeness (QED) is 0.438. The van der Waals surface area contributed by atoms with Crippen LogP contribution in [-0.4, -0.2) is 35.0 Å². The molecule has 0 amide bonds. The van der Waals surface area contributed by atoms with Crippen molar-refractivity contribution in [3.63, 3.8) is 0 Å². The molecule has 0 aromatic carbocycles. The van der Waals surface area contributed by atoms with Gasteiger partial charge in [-0.05, 0) is 56.5 Å². The van der Waals surface area contributed by atoms with E-state index < -0.39 is 0 Å². The van der Waals surface area contributed by atoms with E-state index >= 15 is 0 Å². The predicted octanol–water partition coefficient (Wildman–Crippen LogP) is 3.93. The van der Waals surface area contributed by atoms with Gasteiger partial charge in [-0.2, -0.15) is 0 Å². The molecule has 3 heteroatoms. The second-order valence-electron chi connectivity index (χ2n) is 7.12. The second kappa shape index (κ2) is 6.51. The van der Waals surface area contributed by atoms with E-state index in [1.165, 1.54) is 38.5 Å². The molecule has 5 atom stereocenters. The van der Waals surface area contributed by atoms with Gasteiger partial charge in [-0.25, -0.2) is 0 Å². The van der Waals surface area contributed by atoms with Gasteiger partial charge in [0.15, 0.2) is 0 Å². The van der Waals surface area contributed by atoms with Crippen LogP contribution in [0.15, 0.2) is 17.3 Å². The second-order valence-corrected chi connectivity index (χ2v) is 7.12. The van der Waals surface area contributed by atoms with Gasteiger partial charge in [0.1, 0.15) is 0 Å². The van der Waals surface area contributed by atoms with Crippen LogP contribution in [0.25, 0.3) is 0 Å². The van der Waals surface area contributed by atoms with Crippen LogP contribution < -0.4 is 0 Å². The predicted molar refractivity (Wildman–Crippen MR) is 86.7 cm³/mol. The SMILES string of the molecule is CCCCN(CCCC)[C@H]1/C(=N/O)[C@@H]2C[C@@H]1[C@H]1CC=C[C@@H]12. The van der Waals surface area contributed by atoms with Gasteiger partial charge >= 0.3 is 0 Å². The maximum atomic E-state index is 9.62. The molecule has 0 aromatic rings. The molecule has 2 saturated carbocycles. The molecule has 1 N–H and O–H groups in total. The third-order valence-electron chi connectivity index (χ3n) is 6.00. The Hall–Kier alpha value is -0.830. The van der Waals surface area contributed by atoms with Crippen molar-refractivity contribution in [2.24, 2.45) is 28.8 Å². The lowest BCUT2D eigenvalue weighted by molar-refractivity contribution is 0.151. The van der Waals surface area contributed by atoms with Crippen molar-refractivity contribution in [3.8, 4) is 0 Å². The number of unbranched alkanes of at least 4 members (excludes halogenated alkanes) is 2. The summed E-state index contributed by atoms with van der Waals surface area (Å²) in [6.45, 7) is 6.84. The fourth-order valence-corrected chi connectivity index (χ4v) is 5.03. The average Bonchev–Trinajstić information content (AvgIpc) is 3.18. The van der Waals surface area contributed by atoms with Crippen LogP contribution in [0.1, 0.15) is 52.4 Å². The molecule has 3 aliphatic carbocycles. The minimum Gasteiger partial charge on any atom is -0.411 e. The number of hydrogen-bond acceptors (Lipinski definition) is 3. The molecule has 0 radical (unpaired) electrons. The van der Waals surface area contributed by atoms with E-state index in [-0.39, 0.29) is 0 Å². The fourth-order valence-electron chi connectivity index (χ4n) is 5.03. The Balaban J connectivity index is 1.78. The zero-order chi connectivity index (χ0) is 14.8. The Labute approximate surface area is 129 Å². The monoisotopic (exact) mass is 290 g/mol. The number of allylic oxidation sites excluding steroid dienone is 2. The molecule has 118 valence electrons. The van der Waals surface area contributed by atoms with Gasteiger partial charge in [-0.1, -0.05) is 44.0 Å². The minimum absolute atomic E-state index is 0.416. The third-order valence-corrected chi connectivity index (χ3v) is 6.00. The first kappa shape index (κ1) is 15.1. The molecule has 2 bridgehead atoms. The van der Waals surface area contributed by atoms with Gasteiger partial charge in [-0.3, -0.25) is 4.90 Å². The van der Waals surface area contributed by atoms with E-state index in [9.17, 15) is 5.21 Å². The molecule has 2 fully saturated rings. The zero-order valence-electron chi connectivity index (χ0n) is 13.5. The van der Waals surface area contributed by atoms with Gasteiger partial charge in [0.2, 0.25) is 0 Å². The largest absolute Gasteiger partial charge is 0.411 e. The first-order chi connectivity index (χ1) is 10.3. The van der Waals surface area contributed by atoms with Gasteiger partial charge in [0.25, 0.3) is 0 Å². The molecule has 3 rings (SSSR count). The van der Waals surface area contributed by atoms with Crippen LogP contribution in [0.2, 0.25) is 0 Å². The summed E-state index contributed by atoms with van der Waals surface area (Å²) in [5, 5.41) is 13.4. The van der Waals surface area contributed by atoms with E-state index in [1.54, 1.807) is 0 Å². The molecule has 0 spiro atoms. The third kappa shape index (κ3) is 2.54. The summed E-state index contributed by atoms with van der Waals surface area (Å²) < 4.78 is 0. The van der Waals surface area contributed by atoms with Crippen LogP contribution >= 0.6 is 0 Å². The lowest BCUT2D eigenvalue weighted by Gasteiger charge is -2.39. The summed E-state index contributed by atoms with van der Waals surface area (Å²) in [5.74, 6) is 2.71. The van der Waals surface area contributed by atoms with E-state index in [4.69, 9.17) is 0 Å². The van der Waals surface area contributed by atoms with E-state index in [0.29, 0.717) is 17.9 Å². The van der Waals surface area contributed by atoms with E-state index in [1.807, 2.05) is 0 Å². The van der Waals surface area contributed by atoms with Crippen molar-refractivity contribution in [1.29, 1.82) is 0 Å². The summed E-state index contributed by atoms with van der Waals surface area (Å²) in [6, 6.07) is 0.416. The molecule has 3 aliphatic rings. The van der Waals surface area contributed by atoms with Crippen molar-refractivity contribution in [1.82, 2.24) is 4.90 Å². The standard InChI is InChI=1S/C18H30N2O/c1-3-5-10-20(11-6-4-2)18-16-12-15(17(18)19-21)13-8-7-9-14(13)16/h7-8,13-16,18,21H,3-6,9-12H2,1-2H3/b19-17+/t13-,14-,15+,16+,18+/m0/s1. The highest BCUT2D eigenvalue weighted by Gasteiger charge is 2.57. The summed E-state index contributed by atoms with van der Waals surface area (Å²) >= 11 is 0. The van der Waals surface area contributed by atoms with E-state index in [0.717, 1.165) is 30.6 Å². The van der Waals surface area contributed by atoms with Gasteiger partial charge in [0, 0.05) is 5.92 Å². The highest BCUT2D eigenvalue weighted by atomic mass is 16.4. The zero-order valence-corrected chi connectivity index (χ0v) is 13.5. The lowest BCUT2D eigenvalue weighted by atomic mass is 9.77. The van der Waals surface area contributed by atoms with Crippen molar-refractivity contribution < 1.29 is 5.21 Å². The summed E-state index contributed by atoms with van der Waals surface area (Å²) in [5.41, 5.74) is 1.10. The number of oxime groups is 1. The Morgan fingerprint density at radius 2 is 1.90 bits per heavy atom. The fraction of sp³-hybridized carbons (Fsp3) is 0.833. The van der Waals surface area contributed by atoms with Crippen LogP contribution in [0.3, 0.4) is 0 Å². The molecular formula is C18H30N2O. The van der Waals surface area contributed by atoms with Crippen LogP contribution in [-0.2, 0) is 0 Å². The van der Waals surface area contributed by atoms with Crippen molar-refractivity contribution >= 4 is 5.71 Å². The van der Waals surface area contributed by atoms with Crippen LogP contribution in [0, 0.1) is 23.7 Å². The Morgan fingerprint density at radius 3 is 2.52 bits per heavy atom. The van der Waals surface area contributed by atoms with Crippen LogP contribution in [0.4, 0.5) is 0 Å². The maximum Gasteiger partial charge on any atom is 0.0781 e. The van der Waals surface area contributed by atoms with Gasteiger partial charge in [0.05, 0.1) is 11.8 Å². The molecule has 0 heterocycles. The lowest BCUT2D eigenvalue weighted by Crippen LogP contribution is -2.49. The Kier molecular flexibility index (Phi) is 4.68. The first-order valence-corrected chi connectivity index (χ1v) is 8.94. The molecule has 0 unspecified atom stereocenters. The number of hydrogen-bond donors (Lipinski definition) is 1. The number of nitrogens with zero attached hydrogens (tertiary/aromatic N) is 2. The van der Waals surface area contributed by atoms with Crippen molar-refractivity contribution in [2.75, 3.05) is 13.1 Å². The van der Waals surface area contributed by atoms with Gasteiger partial charge < -0.3 is 5.21 Å². The minimum atomic E-state index is 0.416. The first-order valence-electron chi connectivity index (χ1n) is 8.94. The molecule has 0 aliphatic heterocycles. The van der Waals surface area contributed by atoms with Crippen molar-refractivity contribution in [3.05, 3.63) is 12.2 Å². The number of rotatable bonds is 7. The van der Waals surface area contributed by atoms with Crippen LogP contribution in [0.5, 0.6) is 0 Å².